The van der Waals surface area contributed by atoms with E-state index in [1.165, 1.54) is 0 Å². The fourth-order valence-corrected chi connectivity index (χ4v) is 1.92. The monoisotopic (exact) mass is 289 g/mol. The quantitative estimate of drug-likeness (QED) is 0.906. The predicted octanol–water partition coefficient (Wildman–Crippen LogP) is 3.92. The van der Waals surface area contributed by atoms with E-state index >= 15 is 0 Å². The molecule has 3 nitrogen and oxygen atoms in total. The van der Waals surface area contributed by atoms with Crippen LogP contribution in [0.4, 0.5) is 5.69 Å². The van der Waals surface area contributed by atoms with Crippen molar-refractivity contribution < 1.29 is 9.53 Å². The fourth-order valence-electron chi connectivity index (χ4n) is 1.79. The first-order valence-corrected chi connectivity index (χ1v) is 6.82. The highest BCUT2D eigenvalue weighted by Gasteiger charge is 2.04. The smallest absolute Gasteiger partial charge is 0.228 e. The highest BCUT2D eigenvalue weighted by atomic mass is 35.5. The second kappa shape index (κ2) is 6.96. The van der Waals surface area contributed by atoms with E-state index in [1.807, 2.05) is 31.2 Å². The van der Waals surface area contributed by atoms with Gasteiger partial charge in [-0.3, -0.25) is 4.79 Å². The van der Waals surface area contributed by atoms with Crippen molar-refractivity contribution in [2.24, 2.45) is 0 Å². The molecule has 0 aliphatic heterocycles. The Labute approximate surface area is 123 Å². The maximum atomic E-state index is 11.9. The summed E-state index contributed by atoms with van der Waals surface area (Å²) in [5.74, 6) is 0.755. The van der Waals surface area contributed by atoms with Crippen molar-refractivity contribution in [2.45, 2.75) is 13.3 Å². The van der Waals surface area contributed by atoms with Gasteiger partial charge in [0.25, 0.3) is 0 Å². The van der Waals surface area contributed by atoms with Gasteiger partial charge in [0.2, 0.25) is 5.91 Å². The number of nitrogens with one attached hydrogen (secondary N) is 1. The number of carbonyl (C=O) groups is 1. The van der Waals surface area contributed by atoms with Crippen LogP contribution in [0.25, 0.3) is 0 Å². The van der Waals surface area contributed by atoms with Crippen molar-refractivity contribution in [3.8, 4) is 5.75 Å². The molecule has 0 saturated carbocycles. The van der Waals surface area contributed by atoms with Crippen molar-refractivity contribution >= 4 is 23.2 Å². The molecule has 2 aromatic rings. The second-order valence-electron chi connectivity index (χ2n) is 4.31. The average Bonchev–Trinajstić information content (AvgIpc) is 2.44. The topological polar surface area (TPSA) is 38.3 Å². The van der Waals surface area contributed by atoms with Gasteiger partial charge < -0.3 is 10.1 Å². The molecule has 0 aliphatic rings. The van der Waals surface area contributed by atoms with Gasteiger partial charge in [-0.15, -0.1) is 0 Å². The van der Waals surface area contributed by atoms with E-state index in [0.717, 1.165) is 17.0 Å². The van der Waals surface area contributed by atoms with Crippen LogP contribution in [0.2, 0.25) is 5.02 Å². The molecule has 0 heterocycles. The zero-order valence-electron chi connectivity index (χ0n) is 11.2. The lowest BCUT2D eigenvalue weighted by molar-refractivity contribution is -0.115. The van der Waals surface area contributed by atoms with E-state index in [0.29, 0.717) is 18.1 Å². The van der Waals surface area contributed by atoms with Crippen LogP contribution in [0.15, 0.2) is 48.5 Å². The lowest BCUT2D eigenvalue weighted by atomic mass is 10.1. The Morgan fingerprint density at radius 1 is 1.10 bits per heavy atom. The van der Waals surface area contributed by atoms with Crippen molar-refractivity contribution in [1.82, 2.24) is 0 Å². The molecule has 104 valence electrons. The van der Waals surface area contributed by atoms with Crippen LogP contribution in [-0.2, 0) is 11.2 Å². The second-order valence-corrected chi connectivity index (χ2v) is 4.75. The molecule has 2 rings (SSSR count). The van der Waals surface area contributed by atoms with E-state index in [1.54, 1.807) is 24.3 Å². The number of hydrogen-bond donors (Lipinski definition) is 1. The van der Waals surface area contributed by atoms with Gasteiger partial charge in [-0.2, -0.15) is 0 Å². The van der Waals surface area contributed by atoms with Crippen LogP contribution in [-0.4, -0.2) is 12.5 Å². The lowest BCUT2D eigenvalue weighted by Crippen LogP contribution is -2.14. The first-order chi connectivity index (χ1) is 9.67. The molecule has 0 radical (unpaired) electrons. The molecule has 20 heavy (non-hydrogen) atoms. The van der Waals surface area contributed by atoms with E-state index < -0.39 is 0 Å². The fraction of sp³-hybridized carbons (Fsp3) is 0.188. The highest BCUT2D eigenvalue weighted by molar-refractivity contribution is 6.30. The molecule has 4 heteroatoms. The van der Waals surface area contributed by atoms with E-state index in [4.69, 9.17) is 16.3 Å². The average molecular weight is 290 g/mol. The maximum Gasteiger partial charge on any atom is 0.228 e. The molecule has 0 aliphatic carbocycles. The number of carbonyl (C=O) groups excluding carboxylic acids is 1. The van der Waals surface area contributed by atoms with Gasteiger partial charge in [-0.25, -0.2) is 0 Å². The molecule has 1 N–H and O–H groups in total. The third-order valence-corrected chi connectivity index (χ3v) is 2.98. The Bertz CT molecular complexity index is 564. The number of amides is 1. The molecule has 0 saturated heterocycles. The Morgan fingerprint density at radius 2 is 1.75 bits per heavy atom. The van der Waals surface area contributed by atoms with E-state index in [9.17, 15) is 4.79 Å². The van der Waals surface area contributed by atoms with Gasteiger partial charge in [0.05, 0.1) is 13.0 Å². The van der Waals surface area contributed by atoms with E-state index in [2.05, 4.69) is 5.32 Å². The molecule has 2 aromatic carbocycles. The molecule has 0 bridgehead atoms. The van der Waals surface area contributed by atoms with Crippen molar-refractivity contribution in [3.05, 3.63) is 59.1 Å². The number of hydrogen-bond acceptors (Lipinski definition) is 2. The zero-order chi connectivity index (χ0) is 14.4. The Kier molecular flexibility index (Phi) is 5.02. The van der Waals surface area contributed by atoms with Gasteiger partial charge in [0.1, 0.15) is 5.75 Å². The summed E-state index contributed by atoms with van der Waals surface area (Å²) in [4.78, 5) is 11.9. The largest absolute Gasteiger partial charge is 0.494 e. The van der Waals surface area contributed by atoms with Gasteiger partial charge in [0, 0.05) is 10.7 Å². The summed E-state index contributed by atoms with van der Waals surface area (Å²) in [6, 6.07) is 14.6. The molecular weight excluding hydrogens is 274 g/mol. The van der Waals surface area contributed by atoms with Crippen LogP contribution in [0, 0.1) is 0 Å². The summed E-state index contributed by atoms with van der Waals surface area (Å²) in [5.41, 5.74) is 1.69. The summed E-state index contributed by atoms with van der Waals surface area (Å²) in [6.07, 6.45) is 0.328. The van der Waals surface area contributed by atoms with E-state index in [-0.39, 0.29) is 5.91 Å². The SMILES string of the molecule is CCOc1ccc(CC(=O)Nc2ccc(Cl)cc2)cc1. The normalized spacial score (nSPS) is 10.1. The van der Waals surface area contributed by atoms with Gasteiger partial charge in [-0.05, 0) is 48.9 Å². The summed E-state index contributed by atoms with van der Waals surface area (Å²) in [6.45, 7) is 2.57. The third kappa shape index (κ3) is 4.28. The molecule has 0 atom stereocenters. The minimum Gasteiger partial charge on any atom is -0.494 e. The highest BCUT2D eigenvalue weighted by Crippen LogP contribution is 2.15. The van der Waals surface area contributed by atoms with Crippen LogP contribution >= 0.6 is 11.6 Å². The first kappa shape index (κ1) is 14.4. The van der Waals surface area contributed by atoms with Crippen LogP contribution in [0.3, 0.4) is 0 Å². The van der Waals surface area contributed by atoms with Gasteiger partial charge >= 0.3 is 0 Å². The molecule has 0 unspecified atom stereocenters. The van der Waals surface area contributed by atoms with Gasteiger partial charge in [-0.1, -0.05) is 23.7 Å². The third-order valence-electron chi connectivity index (χ3n) is 2.73. The molecule has 0 aromatic heterocycles. The number of benzene rings is 2. The number of ether oxygens (including phenoxy) is 1. The minimum atomic E-state index is -0.0588. The van der Waals surface area contributed by atoms with Gasteiger partial charge in [0.15, 0.2) is 0 Å². The van der Waals surface area contributed by atoms with Crippen molar-refractivity contribution in [1.29, 1.82) is 0 Å². The lowest BCUT2D eigenvalue weighted by Gasteiger charge is -2.07. The zero-order valence-corrected chi connectivity index (χ0v) is 12.0. The first-order valence-electron chi connectivity index (χ1n) is 6.44. The summed E-state index contributed by atoms with van der Waals surface area (Å²) < 4.78 is 5.36. The summed E-state index contributed by atoms with van der Waals surface area (Å²) in [5, 5.41) is 3.48. The van der Waals surface area contributed by atoms with Crippen molar-refractivity contribution in [2.75, 3.05) is 11.9 Å². The number of halogens is 1. The minimum absolute atomic E-state index is 0.0588. The molecule has 0 spiro atoms. The van der Waals surface area contributed by atoms with Crippen LogP contribution in [0.1, 0.15) is 12.5 Å². The molecule has 0 fully saturated rings. The number of anilines is 1. The van der Waals surface area contributed by atoms with Crippen LogP contribution in [0.5, 0.6) is 5.75 Å². The summed E-state index contributed by atoms with van der Waals surface area (Å²) >= 11 is 5.79. The standard InChI is InChI=1S/C16H16ClNO2/c1-2-20-15-9-3-12(4-10-15)11-16(19)18-14-7-5-13(17)6-8-14/h3-10H,2,11H2,1H3,(H,18,19). The van der Waals surface area contributed by atoms with Crippen molar-refractivity contribution in [3.63, 3.8) is 0 Å². The van der Waals surface area contributed by atoms with Crippen LogP contribution < -0.4 is 10.1 Å². The maximum absolute atomic E-state index is 11.9. The Morgan fingerprint density at radius 3 is 2.35 bits per heavy atom. The Hall–Kier alpha value is -2.00. The number of rotatable bonds is 5. The Balaban J connectivity index is 1.92. The predicted molar refractivity (Wildman–Crippen MR) is 81.4 cm³/mol. The molecule has 1 amide bonds. The summed E-state index contributed by atoms with van der Waals surface area (Å²) in [7, 11) is 0. The molecular formula is C16H16ClNO2.